The number of nitrogens with one attached hydrogen (secondary N) is 4. The van der Waals surface area contributed by atoms with Crippen LogP contribution in [0.15, 0.2) is 0 Å². The molecule has 13 nitrogen and oxygen atoms in total. The van der Waals surface area contributed by atoms with Crippen LogP contribution in [-0.2, 0) is 33.3 Å². The molecule has 1 fully saturated rings. The van der Waals surface area contributed by atoms with Gasteiger partial charge in [0.25, 0.3) is 0 Å². The Bertz CT molecular complexity index is 829. The van der Waals surface area contributed by atoms with Crippen LogP contribution in [0.5, 0.6) is 0 Å². The smallest absolute Gasteiger partial charge is 0.407 e. The molecule has 0 aliphatic heterocycles. The summed E-state index contributed by atoms with van der Waals surface area (Å²) in [5.41, 5.74) is 5.12. The molecule has 0 spiro atoms. The zero-order valence-corrected chi connectivity index (χ0v) is 23.3. The van der Waals surface area contributed by atoms with Gasteiger partial charge in [0.15, 0.2) is 0 Å². The molecule has 0 bridgehead atoms. The van der Waals surface area contributed by atoms with E-state index < -0.39 is 11.8 Å². The van der Waals surface area contributed by atoms with Gasteiger partial charge in [-0.3, -0.25) is 14.4 Å². The van der Waals surface area contributed by atoms with Gasteiger partial charge in [0.05, 0.1) is 52.7 Å². The van der Waals surface area contributed by atoms with Crippen molar-refractivity contribution in [1.29, 1.82) is 0 Å². The Kier molecular flexibility index (Phi) is 17.4. The van der Waals surface area contributed by atoms with E-state index in [0.717, 1.165) is 25.7 Å². The van der Waals surface area contributed by atoms with Crippen molar-refractivity contribution in [2.24, 2.45) is 23.5 Å². The fourth-order valence-electron chi connectivity index (χ4n) is 4.37. The number of amides is 4. The van der Waals surface area contributed by atoms with Gasteiger partial charge < -0.3 is 45.9 Å². The Balaban J connectivity index is 1.26. The van der Waals surface area contributed by atoms with Gasteiger partial charge in [-0.05, 0) is 43.4 Å². The summed E-state index contributed by atoms with van der Waals surface area (Å²) in [6.45, 7) is 3.58. The summed E-state index contributed by atoms with van der Waals surface area (Å²) in [5, 5.41) is 10.1. The van der Waals surface area contributed by atoms with Gasteiger partial charge in [0.1, 0.15) is 0 Å². The average Bonchev–Trinajstić information content (AvgIpc) is 3.59. The Morgan fingerprint density at radius 1 is 0.675 bits per heavy atom. The highest BCUT2D eigenvalue weighted by Crippen LogP contribution is 2.52. The van der Waals surface area contributed by atoms with E-state index >= 15 is 0 Å². The van der Waals surface area contributed by atoms with Crippen molar-refractivity contribution in [2.45, 2.75) is 38.5 Å². The number of alkyl carbamates (subject to hydrolysis) is 1. The second-order valence-electron chi connectivity index (χ2n) is 9.60. The lowest BCUT2D eigenvalue weighted by Gasteiger charge is -2.09. The monoisotopic (exact) mass is 567 g/mol. The van der Waals surface area contributed by atoms with E-state index in [9.17, 15) is 19.2 Å². The second-order valence-corrected chi connectivity index (χ2v) is 9.60. The highest BCUT2D eigenvalue weighted by atomic mass is 16.6. The fourth-order valence-corrected chi connectivity index (χ4v) is 4.37. The number of nitrogens with two attached hydrogens (primary N) is 1. The Labute approximate surface area is 236 Å². The van der Waals surface area contributed by atoms with E-state index in [2.05, 4.69) is 33.1 Å². The van der Waals surface area contributed by atoms with Crippen molar-refractivity contribution in [2.75, 3.05) is 79.0 Å². The van der Waals surface area contributed by atoms with Crippen LogP contribution >= 0.6 is 0 Å². The van der Waals surface area contributed by atoms with Crippen LogP contribution in [0.25, 0.3) is 0 Å². The third kappa shape index (κ3) is 15.6. The van der Waals surface area contributed by atoms with Crippen LogP contribution < -0.4 is 27.0 Å². The van der Waals surface area contributed by atoms with Crippen molar-refractivity contribution in [1.82, 2.24) is 21.3 Å². The predicted molar refractivity (Wildman–Crippen MR) is 146 cm³/mol. The van der Waals surface area contributed by atoms with Crippen molar-refractivity contribution in [3.8, 4) is 11.8 Å². The molecule has 13 heteroatoms. The maximum Gasteiger partial charge on any atom is 0.407 e. The van der Waals surface area contributed by atoms with Gasteiger partial charge >= 0.3 is 6.09 Å². The van der Waals surface area contributed by atoms with Gasteiger partial charge in [0.2, 0.25) is 17.7 Å². The zero-order chi connectivity index (χ0) is 28.8. The topological polar surface area (TPSA) is 179 Å². The Morgan fingerprint density at radius 3 is 1.75 bits per heavy atom. The van der Waals surface area contributed by atoms with Gasteiger partial charge in [-0.15, -0.1) is 11.8 Å². The summed E-state index contributed by atoms with van der Waals surface area (Å²) < 4.78 is 21.8. The minimum atomic E-state index is -0.469. The van der Waals surface area contributed by atoms with Crippen molar-refractivity contribution >= 4 is 23.8 Å². The summed E-state index contributed by atoms with van der Waals surface area (Å²) >= 11 is 0. The maximum atomic E-state index is 11.9. The Hall–Kier alpha value is -2.92. The number of carbonyl (C=O) groups excluding carboxylic acids is 4. The highest BCUT2D eigenvalue weighted by molar-refractivity contribution is 5.88. The first-order chi connectivity index (χ1) is 19.5. The van der Waals surface area contributed by atoms with Crippen LogP contribution in [0.4, 0.5) is 4.79 Å². The van der Waals surface area contributed by atoms with E-state index in [1.807, 2.05) is 0 Å². The molecule has 0 saturated heterocycles. The third-order valence-corrected chi connectivity index (χ3v) is 6.59. The quantitative estimate of drug-likeness (QED) is 0.0885. The summed E-state index contributed by atoms with van der Waals surface area (Å²) in [6, 6.07) is 0. The number of ether oxygens (including phenoxy) is 4. The third-order valence-electron chi connectivity index (χ3n) is 6.59. The van der Waals surface area contributed by atoms with E-state index in [1.54, 1.807) is 0 Å². The van der Waals surface area contributed by atoms with Gasteiger partial charge in [-0.25, -0.2) is 4.79 Å². The summed E-state index contributed by atoms with van der Waals surface area (Å²) in [5.74, 6) is 6.97. The SMILES string of the molecule is NCC(=O)NCC(=O)NCC(=O)NCCCOCCOCCOCCCNC(=O)OCC1[C@H]2CCC#CCC[C@@H]12. The molecule has 0 radical (unpaired) electrons. The molecule has 6 N–H and O–H groups in total. The van der Waals surface area contributed by atoms with Gasteiger partial charge in [0, 0.05) is 39.1 Å². The van der Waals surface area contributed by atoms with Crippen molar-refractivity contribution in [3.63, 3.8) is 0 Å². The first-order valence-corrected chi connectivity index (χ1v) is 14.1. The first-order valence-electron chi connectivity index (χ1n) is 14.1. The van der Waals surface area contributed by atoms with Crippen molar-refractivity contribution < 1.29 is 38.1 Å². The van der Waals surface area contributed by atoms with E-state index in [0.29, 0.717) is 89.9 Å². The number of hydrogen-bond donors (Lipinski definition) is 5. The van der Waals surface area contributed by atoms with Gasteiger partial charge in [-0.1, -0.05) is 0 Å². The molecule has 1 unspecified atom stereocenters. The summed E-state index contributed by atoms with van der Waals surface area (Å²) in [7, 11) is 0. The lowest BCUT2D eigenvalue weighted by molar-refractivity contribution is -0.127. The van der Waals surface area contributed by atoms with E-state index in [1.165, 1.54) is 0 Å². The molecular weight excluding hydrogens is 522 g/mol. The molecule has 226 valence electrons. The first kappa shape index (κ1) is 33.3. The molecule has 0 heterocycles. The van der Waals surface area contributed by atoms with Crippen LogP contribution in [-0.4, -0.2) is 103 Å². The van der Waals surface area contributed by atoms with E-state index in [-0.39, 0.29) is 31.6 Å². The zero-order valence-electron chi connectivity index (χ0n) is 23.3. The van der Waals surface area contributed by atoms with E-state index in [4.69, 9.17) is 24.7 Å². The number of fused-ring (bicyclic) bond motifs is 1. The van der Waals surface area contributed by atoms with Crippen molar-refractivity contribution in [3.05, 3.63) is 0 Å². The molecule has 1 saturated carbocycles. The normalized spacial score (nSPS) is 19.1. The number of carbonyl (C=O) groups is 4. The highest BCUT2D eigenvalue weighted by Gasteiger charge is 2.49. The summed E-state index contributed by atoms with van der Waals surface area (Å²) in [4.78, 5) is 46.0. The molecule has 0 aromatic carbocycles. The predicted octanol–water partition coefficient (Wildman–Crippen LogP) is -0.710. The molecule has 0 aromatic rings. The molecule has 2 aliphatic carbocycles. The van der Waals surface area contributed by atoms with Crippen LogP contribution in [0.2, 0.25) is 0 Å². The minimum absolute atomic E-state index is 0.172. The molecule has 3 atom stereocenters. The lowest BCUT2D eigenvalue weighted by atomic mass is 10.1. The second kappa shape index (κ2) is 20.9. The number of rotatable bonds is 21. The minimum Gasteiger partial charge on any atom is -0.449 e. The van der Waals surface area contributed by atoms with Crippen LogP contribution in [0, 0.1) is 29.6 Å². The molecule has 40 heavy (non-hydrogen) atoms. The molecule has 2 aliphatic rings. The fraction of sp³-hybridized carbons (Fsp3) is 0.778. The maximum absolute atomic E-state index is 11.9. The van der Waals surface area contributed by atoms with Crippen LogP contribution in [0.3, 0.4) is 0 Å². The standard InChI is InChI=1S/C27H45N5O8/c28-17-24(33)31-19-26(35)32-18-25(34)29-9-5-11-37-13-15-39-16-14-38-12-6-10-30-27(36)40-20-23-21-7-3-1-2-4-8-22(21)23/h21-23H,3-20,28H2,(H,29,34)(H,30,36)(H,31,33)(H,32,35)/t21-,22+,23?. The van der Waals surface area contributed by atoms with Gasteiger partial charge in [-0.2, -0.15) is 0 Å². The lowest BCUT2D eigenvalue weighted by Crippen LogP contribution is -2.43. The summed E-state index contributed by atoms with van der Waals surface area (Å²) in [6.07, 6.45) is 5.10. The molecule has 4 amide bonds. The average molecular weight is 568 g/mol. The molecule has 2 rings (SSSR count). The van der Waals surface area contributed by atoms with Crippen LogP contribution in [0.1, 0.15) is 38.5 Å². The Morgan fingerprint density at radius 2 is 1.18 bits per heavy atom. The molecule has 0 aromatic heterocycles. The molecular formula is C27H45N5O8. The largest absolute Gasteiger partial charge is 0.449 e. The number of hydrogen-bond acceptors (Lipinski definition) is 9.